The van der Waals surface area contributed by atoms with Gasteiger partial charge in [0, 0.05) is 24.2 Å². The van der Waals surface area contributed by atoms with E-state index in [4.69, 9.17) is 21.1 Å². The fourth-order valence-corrected chi connectivity index (χ4v) is 5.84. The van der Waals surface area contributed by atoms with E-state index >= 15 is 0 Å². The molecule has 0 spiro atoms. The van der Waals surface area contributed by atoms with Crippen LogP contribution >= 0.6 is 11.6 Å². The molecule has 0 unspecified atom stereocenters. The molecule has 32 heavy (non-hydrogen) atoms. The van der Waals surface area contributed by atoms with Gasteiger partial charge in [-0.1, -0.05) is 29.8 Å². The zero-order chi connectivity index (χ0) is 23.0. The first kappa shape index (κ1) is 22.7. The lowest BCUT2D eigenvalue weighted by atomic mass is 10.2. The minimum atomic E-state index is -3.93. The first-order valence-electron chi connectivity index (χ1n) is 10.2. The van der Waals surface area contributed by atoms with Crippen molar-refractivity contribution in [3.05, 3.63) is 64.8 Å². The molecule has 168 valence electrons. The van der Waals surface area contributed by atoms with E-state index in [9.17, 15) is 13.2 Å². The highest BCUT2D eigenvalue weighted by Crippen LogP contribution is 2.29. The van der Waals surface area contributed by atoms with Crippen molar-refractivity contribution in [2.75, 3.05) is 13.1 Å². The Morgan fingerprint density at radius 1 is 1.12 bits per heavy atom. The second-order valence-electron chi connectivity index (χ2n) is 7.89. The van der Waals surface area contributed by atoms with Crippen LogP contribution in [0.4, 0.5) is 0 Å². The molecule has 1 fully saturated rings. The van der Waals surface area contributed by atoms with Gasteiger partial charge in [-0.2, -0.15) is 4.31 Å². The average molecular weight is 475 g/mol. The smallest absolute Gasteiger partial charge is 0.343 e. The third-order valence-corrected chi connectivity index (χ3v) is 7.51. The number of hydrogen-bond acceptors (Lipinski definition) is 6. The number of hydrogen-bond donors (Lipinski definition) is 0. The van der Waals surface area contributed by atoms with Gasteiger partial charge in [0.05, 0.1) is 22.8 Å². The van der Waals surface area contributed by atoms with Gasteiger partial charge >= 0.3 is 5.97 Å². The fourth-order valence-electron chi connectivity index (χ4n) is 3.75. The number of carbonyl (C=O) groups is 1. The molecule has 2 atom stereocenters. The molecule has 1 saturated heterocycles. The van der Waals surface area contributed by atoms with Crippen molar-refractivity contribution in [2.45, 2.75) is 37.9 Å². The molecule has 0 aliphatic carbocycles. The Bertz CT molecular complexity index is 1280. The number of sulfonamides is 1. The molecule has 1 aliphatic rings. The topological polar surface area (TPSA) is 85.8 Å². The number of morpholine rings is 1. The SMILES string of the molecule is Cc1ccc2cccc(OC(=O)c3ccc(Cl)c(S(=O)(=O)N4C[C@@H](C)O[C@H](C)C4)c3)c2n1. The van der Waals surface area contributed by atoms with Crippen LogP contribution in [0.25, 0.3) is 10.9 Å². The van der Waals surface area contributed by atoms with Gasteiger partial charge < -0.3 is 9.47 Å². The number of carbonyl (C=O) groups excluding carboxylic acids is 1. The van der Waals surface area contributed by atoms with E-state index in [0.29, 0.717) is 11.3 Å². The number of pyridine rings is 1. The Morgan fingerprint density at radius 3 is 2.56 bits per heavy atom. The molecule has 1 aromatic heterocycles. The maximum absolute atomic E-state index is 13.3. The number of aromatic nitrogens is 1. The molecule has 9 heteroatoms. The summed E-state index contributed by atoms with van der Waals surface area (Å²) in [4.78, 5) is 17.2. The number of aryl methyl sites for hydroxylation is 1. The molecule has 2 aromatic carbocycles. The van der Waals surface area contributed by atoms with Crippen molar-refractivity contribution in [1.82, 2.24) is 9.29 Å². The number of esters is 1. The molecule has 2 heterocycles. The van der Waals surface area contributed by atoms with Gasteiger partial charge in [0.25, 0.3) is 0 Å². The summed E-state index contributed by atoms with van der Waals surface area (Å²) in [5.74, 6) is -0.399. The number of nitrogens with zero attached hydrogens (tertiary/aromatic N) is 2. The highest BCUT2D eigenvalue weighted by molar-refractivity contribution is 7.89. The molecule has 7 nitrogen and oxygen atoms in total. The zero-order valence-corrected chi connectivity index (χ0v) is 19.5. The molecule has 0 saturated carbocycles. The van der Waals surface area contributed by atoms with Crippen LogP contribution in [0.1, 0.15) is 29.9 Å². The number of para-hydroxylation sites is 1. The molecule has 0 amide bonds. The Balaban J connectivity index is 1.66. The molecule has 4 rings (SSSR count). The van der Waals surface area contributed by atoms with Crippen LogP contribution in [0.3, 0.4) is 0 Å². The normalized spacial score (nSPS) is 19.8. The summed E-state index contributed by atoms with van der Waals surface area (Å²) in [6.07, 6.45) is -0.495. The molecule has 0 bridgehead atoms. The molecular weight excluding hydrogens is 452 g/mol. The lowest BCUT2D eigenvalue weighted by molar-refractivity contribution is -0.0440. The molecular formula is C23H23ClN2O5S. The van der Waals surface area contributed by atoms with Gasteiger partial charge in [-0.3, -0.25) is 0 Å². The summed E-state index contributed by atoms with van der Waals surface area (Å²) in [5.41, 5.74) is 1.42. The Hall–Kier alpha value is -2.52. The monoisotopic (exact) mass is 474 g/mol. The van der Waals surface area contributed by atoms with Crippen molar-refractivity contribution in [3.8, 4) is 5.75 Å². The van der Waals surface area contributed by atoms with Gasteiger partial charge in [-0.25, -0.2) is 18.2 Å². The van der Waals surface area contributed by atoms with Crippen LogP contribution in [0.5, 0.6) is 5.75 Å². The van der Waals surface area contributed by atoms with Gasteiger partial charge in [-0.05, 0) is 51.1 Å². The van der Waals surface area contributed by atoms with Gasteiger partial charge in [0.15, 0.2) is 5.75 Å². The van der Waals surface area contributed by atoms with E-state index in [1.54, 1.807) is 12.1 Å². The number of benzene rings is 2. The van der Waals surface area contributed by atoms with Gasteiger partial charge in [0.2, 0.25) is 10.0 Å². The van der Waals surface area contributed by atoms with Gasteiger partial charge in [0.1, 0.15) is 10.4 Å². The van der Waals surface area contributed by atoms with E-state index in [2.05, 4.69) is 4.98 Å². The maximum atomic E-state index is 13.3. The third-order valence-electron chi connectivity index (χ3n) is 5.20. The summed E-state index contributed by atoms with van der Waals surface area (Å²) in [7, 11) is -3.93. The molecule has 1 aliphatic heterocycles. The minimum absolute atomic E-state index is 0.0378. The van der Waals surface area contributed by atoms with Crippen molar-refractivity contribution >= 4 is 38.5 Å². The minimum Gasteiger partial charge on any atom is -0.421 e. The van der Waals surface area contributed by atoms with E-state index in [-0.39, 0.29) is 40.8 Å². The largest absolute Gasteiger partial charge is 0.421 e. The second kappa shape index (κ2) is 8.78. The number of rotatable bonds is 4. The van der Waals surface area contributed by atoms with Crippen LogP contribution < -0.4 is 4.74 Å². The second-order valence-corrected chi connectivity index (χ2v) is 10.2. The average Bonchev–Trinajstić information content (AvgIpc) is 2.73. The van der Waals surface area contributed by atoms with Crippen LogP contribution in [0.2, 0.25) is 5.02 Å². The lowest BCUT2D eigenvalue weighted by Crippen LogP contribution is -2.48. The predicted octanol–water partition coefficient (Wildman–Crippen LogP) is 4.21. The standard InChI is InChI=1S/C23H23ClN2O5S/c1-14-7-8-17-5-4-6-20(22(17)25-14)31-23(27)18-9-10-19(24)21(11-18)32(28,29)26-12-15(2)30-16(3)13-26/h4-11,15-16H,12-13H2,1-3H3/t15-,16-/m1/s1. The summed E-state index contributed by atoms with van der Waals surface area (Å²) < 4.78 is 39.1. The Labute approximate surface area is 192 Å². The van der Waals surface area contributed by atoms with Crippen LogP contribution in [0, 0.1) is 6.92 Å². The van der Waals surface area contributed by atoms with Crippen molar-refractivity contribution in [2.24, 2.45) is 0 Å². The first-order chi connectivity index (χ1) is 15.1. The van der Waals surface area contributed by atoms with Crippen LogP contribution in [-0.2, 0) is 14.8 Å². The highest BCUT2D eigenvalue weighted by atomic mass is 35.5. The summed E-state index contributed by atoms with van der Waals surface area (Å²) in [6, 6.07) is 13.1. The fraction of sp³-hybridized carbons (Fsp3) is 0.304. The summed E-state index contributed by atoms with van der Waals surface area (Å²) >= 11 is 6.23. The first-order valence-corrected chi connectivity index (χ1v) is 12.0. The van der Waals surface area contributed by atoms with Crippen molar-refractivity contribution in [3.63, 3.8) is 0 Å². The van der Waals surface area contributed by atoms with Crippen molar-refractivity contribution < 1.29 is 22.7 Å². The lowest BCUT2D eigenvalue weighted by Gasteiger charge is -2.34. The third kappa shape index (κ3) is 4.49. The Morgan fingerprint density at radius 2 is 1.84 bits per heavy atom. The summed E-state index contributed by atoms with van der Waals surface area (Å²) in [6.45, 7) is 5.89. The Kier molecular flexibility index (Phi) is 6.22. The van der Waals surface area contributed by atoms with Crippen LogP contribution in [0.15, 0.2) is 53.4 Å². The van der Waals surface area contributed by atoms with E-state index in [0.717, 1.165) is 11.1 Å². The maximum Gasteiger partial charge on any atom is 0.343 e. The van der Waals surface area contributed by atoms with E-state index in [1.165, 1.54) is 22.5 Å². The zero-order valence-electron chi connectivity index (χ0n) is 17.9. The van der Waals surface area contributed by atoms with Gasteiger partial charge in [-0.15, -0.1) is 0 Å². The van der Waals surface area contributed by atoms with E-state index < -0.39 is 16.0 Å². The van der Waals surface area contributed by atoms with E-state index in [1.807, 2.05) is 39.0 Å². The highest BCUT2D eigenvalue weighted by Gasteiger charge is 2.34. The number of ether oxygens (including phenoxy) is 2. The van der Waals surface area contributed by atoms with Crippen LogP contribution in [-0.4, -0.2) is 49.0 Å². The molecule has 0 N–H and O–H groups in total. The number of halogens is 1. The van der Waals surface area contributed by atoms with Crippen molar-refractivity contribution in [1.29, 1.82) is 0 Å². The quantitative estimate of drug-likeness (QED) is 0.416. The predicted molar refractivity (Wildman–Crippen MR) is 122 cm³/mol. The molecule has 3 aromatic rings. The summed E-state index contributed by atoms with van der Waals surface area (Å²) in [5, 5.41) is 0.867. The molecule has 0 radical (unpaired) electrons. The number of fused-ring (bicyclic) bond motifs is 1.